The summed E-state index contributed by atoms with van der Waals surface area (Å²) in [6, 6.07) is 0. The number of carboxylic acid groups (broad SMARTS) is 2. The number of aliphatic carboxylic acids is 2. The molecule has 0 radical (unpaired) electrons. The smallest absolute Gasteiger partial charge is 0.347 e. The van der Waals surface area contributed by atoms with Gasteiger partial charge in [0, 0.05) is 0 Å². The number of carboxylic acids is 2. The number of hydrogen-bond acceptors (Lipinski definition) is 12. The molecule has 10 N–H and O–H groups in total. The zero-order valence-electron chi connectivity index (χ0n) is 12.9. The van der Waals surface area contributed by atoms with E-state index in [1.807, 2.05) is 0 Å². The highest BCUT2D eigenvalue weighted by atomic mass is 16.6. The normalized spacial score (nSPS) is 20.8. The highest BCUT2D eigenvalue weighted by Crippen LogP contribution is 2.13. The predicted octanol–water partition coefficient (Wildman–Crippen LogP) is -6.41. The predicted molar refractivity (Wildman–Crippen MR) is 74.3 cm³/mol. The first-order valence-electron chi connectivity index (χ1n) is 6.90. The minimum atomic E-state index is -2.67. The third-order valence-corrected chi connectivity index (χ3v) is 3.22. The van der Waals surface area contributed by atoms with E-state index in [1.165, 1.54) is 0 Å². The molecule has 0 rings (SSSR count). The van der Waals surface area contributed by atoms with Crippen LogP contribution in [0.4, 0.5) is 0 Å². The fraction of sp³-hybridized carbons (Fsp3) is 0.750. The molecule has 152 valence electrons. The van der Waals surface area contributed by atoms with Crippen LogP contribution >= 0.6 is 0 Å². The van der Waals surface area contributed by atoms with Crippen molar-refractivity contribution in [2.24, 2.45) is 0 Å². The van der Waals surface area contributed by atoms with Crippen LogP contribution in [0.5, 0.6) is 0 Å². The van der Waals surface area contributed by atoms with Gasteiger partial charge in [0.05, 0.1) is 6.61 Å². The van der Waals surface area contributed by atoms with Crippen LogP contribution in [0.15, 0.2) is 0 Å². The van der Waals surface area contributed by atoms with Gasteiger partial charge in [-0.15, -0.1) is 0 Å². The van der Waals surface area contributed by atoms with E-state index in [-0.39, 0.29) is 0 Å². The minimum Gasteiger partial charge on any atom is -0.479 e. The summed E-state index contributed by atoms with van der Waals surface area (Å²) < 4.78 is 4.15. The van der Waals surface area contributed by atoms with Gasteiger partial charge in [-0.2, -0.15) is 0 Å². The zero-order valence-corrected chi connectivity index (χ0v) is 12.9. The lowest BCUT2D eigenvalue weighted by Gasteiger charge is -2.28. The maximum Gasteiger partial charge on any atom is 0.347 e. The van der Waals surface area contributed by atoms with Gasteiger partial charge >= 0.3 is 17.9 Å². The van der Waals surface area contributed by atoms with Gasteiger partial charge < -0.3 is 55.8 Å². The second-order valence-corrected chi connectivity index (χ2v) is 5.14. The van der Waals surface area contributed by atoms with Crippen LogP contribution in [0.1, 0.15) is 0 Å². The van der Waals surface area contributed by atoms with Gasteiger partial charge in [0.15, 0.2) is 12.2 Å². The first kappa shape index (κ1) is 24.1. The van der Waals surface area contributed by atoms with E-state index in [0.29, 0.717) is 0 Å². The molecule has 0 aromatic carbocycles. The molecule has 0 spiro atoms. The zero-order chi connectivity index (χ0) is 20.8. The van der Waals surface area contributed by atoms with E-state index in [1.54, 1.807) is 0 Å². The van der Waals surface area contributed by atoms with Crippen LogP contribution in [0.3, 0.4) is 0 Å². The fourth-order valence-corrected chi connectivity index (χ4v) is 1.63. The molecule has 0 heterocycles. The third-order valence-electron chi connectivity index (χ3n) is 3.22. The Morgan fingerprint density at radius 2 is 1.15 bits per heavy atom. The van der Waals surface area contributed by atoms with Crippen molar-refractivity contribution in [3.8, 4) is 0 Å². The Balaban J connectivity index is 5.18. The molecule has 14 nitrogen and oxygen atoms in total. The maximum atomic E-state index is 11.6. The Morgan fingerprint density at radius 1 is 0.692 bits per heavy atom. The average Bonchev–Trinajstić information content (AvgIpc) is 2.60. The van der Waals surface area contributed by atoms with Crippen molar-refractivity contribution in [2.75, 3.05) is 6.61 Å². The number of carbonyl (C=O) groups excluding carboxylic acids is 1. The van der Waals surface area contributed by atoms with E-state index >= 15 is 0 Å². The first-order valence-corrected chi connectivity index (χ1v) is 6.90. The van der Waals surface area contributed by atoms with Gasteiger partial charge in [-0.1, -0.05) is 0 Å². The van der Waals surface area contributed by atoms with Crippen LogP contribution in [-0.2, 0) is 19.1 Å². The summed E-state index contributed by atoms with van der Waals surface area (Å²) in [5, 5.41) is 91.4. The Labute approximate surface area is 144 Å². The van der Waals surface area contributed by atoms with Crippen molar-refractivity contribution >= 4 is 17.9 Å². The molecular formula is C12H20O14. The molecule has 0 saturated carbocycles. The summed E-state index contributed by atoms with van der Waals surface area (Å²) in [6.45, 7) is -1.06. The van der Waals surface area contributed by atoms with E-state index < -0.39 is 73.3 Å². The highest BCUT2D eigenvalue weighted by molar-refractivity contribution is 5.81. The molecule has 0 amide bonds. The van der Waals surface area contributed by atoms with Crippen molar-refractivity contribution in [2.45, 2.75) is 48.8 Å². The van der Waals surface area contributed by atoms with Gasteiger partial charge in [0.25, 0.3) is 0 Å². The number of rotatable bonds is 11. The van der Waals surface area contributed by atoms with Gasteiger partial charge in [-0.25, -0.2) is 14.4 Å². The Bertz CT molecular complexity index is 494. The van der Waals surface area contributed by atoms with Crippen molar-refractivity contribution in [3.63, 3.8) is 0 Å². The van der Waals surface area contributed by atoms with Crippen LogP contribution in [0, 0.1) is 0 Å². The third kappa shape index (κ3) is 6.11. The monoisotopic (exact) mass is 388 g/mol. The fourth-order valence-electron chi connectivity index (χ4n) is 1.63. The molecular weight excluding hydrogens is 368 g/mol. The van der Waals surface area contributed by atoms with Crippen molar-refractivity contribution in [1.29, 1.82) is 0 Å². The number of aliphatic hydroxyl groups is 8. The Morgan fingerprint density at radius 3 is 1.54 bits per heavy atom. The molecule has 26 heavy (non-hydrogen) atoms. The molecule has 0 aromatic heterocycles. The number of ether oxygens (including phenoxy) is 1. The molecule has 0 aliphatic carbocycles. The largest absolute Gasteiger partial charge is 0.479 e. The molecule has 14 heteroatoms. The maximum absolute atomic E-state index is 11.6. The first-order chi connectivity index (χ1) is 11.9. The lowest BCUT2D eigenvalue weighted by Crippen LogP contribution is -2.54. The highest BCUT2D eigenvalue weighted by Gasteiger charge is 2.43. The summed E-state index contributed by atoms with van der Waals surface area (Å²) in [7, 11) is 0. The van der Waals surface area contributed by atoms with Crippen molar-refractivity contribution < 1.29 is 70.2 Å². The van der Waals surface area contributed by atoms with E-state index in [2.05, 4.69) is 4.74 Å². The minimum absolute atomic E-state index is 1.06. The van der Waals surface area contributed by atoms with Crippen LogP contribution in [0.25, 0.3) is 0 Å². The molecule has 0 aliphatic rings. The number of hydrogen-bond donors (Lipinski definition) is 10. The molecule has 0 fully saturated rings. The van der Waals surface area contributed by atoms with E-state index in [9.17, 15) is 39.9 Å². The topological polar surface area (TPSA) is 263 Å². The van der Waals surface area contributed by atoms with Gasteiger partial charge in [0.1, 0.15) is 30.5 Å². The lowest BCUT2D eigenvalue weighted by atomic mass is 10.0. The molecule has 0 saturated heterocycles. The quantitative estimate of drug-likeness (QED) is 0.148. The van der Waals surface area contributed by atoms with Crippen molar-refractivity contribution in [3.05, 3.63) is 0 Å². The van der Waals surface area contributed by atoms with E-state index in [0.717, 1.165) is 0 Å². The number of aliphatic hydroxyl groups excluding tert-OH is 8. The van der Waals surface area contributed by atoms with Crippen LogP contribution < -0.4 is 0 Å². The second kappa shape index (κ2) is 10.3. The summed E-state index contributed by atoms with van der Waals surface area (Å²) in [5.74, 6) is -6.08. The Kier molecular flexibility index (Phi) is 9.53. The number of esters is 1. The summed E-state index contributed by atoms with van der Waals surface area (Å²) in [4.78, 5) is 33.1. The van der Waals surface area contributed by atoms with Gasteiger partial charge in [0.2, 0.25) is 6.10 Å². The molecule has 0 unspecified atom stereocenters. The molecule has 0 bridgehead atoms. The number of carbonyl (C=O) groups is 3. The van der Waals surface area contributed by atoms with Crippen LogP contribution in [-0.4, -0.2) is 124 Å². The summed E-state index contributed by atoms with van der Waals surface area (Å²) >= 11 is 0. The van der Waals surface area contributed by atoms with Crippen molar-refractivity contribution in [1.82, 2.24) is 0 Å². The standard InChI is InChI=1S/C12H20O14/c13-1-2(14)3(15)4(16)8(20)12(25)26-9(11(23)24)6(18)5(17)7(19)10(21)22/h2-9,13-20H,1H2,(H,21,22)(H,23,24)/t2-,3-,4+,5-,6+,7+,8-,9-/m1/s1. The SMILES string of the molecule is O=C(O)[C@@H](O)[C@H](O)[C@H](O)[C@@H](OC(=O)[C@H](O)[C@@H](O)[C@H](O)[C@H](O)CO)C(=O)O. The second-order valence-electron chi connectivity index (χ2n) is 5.14. The lowest BCUT2D eigenvalue weighted by molar-refractivity contribution is -0.196. The molecule has 0 aromatic rings. The Hall–Kier alpha value is -1.91. The summed E-state index contributed by atoms with van der Waals surface area (Å²) in [5.41, 5.74) is 0. The van der Waals surface area contributed by atoms with E-state index in [4.69, 9.17) is 25.5 Å². The summed E-state index contributed by atoms with van der Waals surface area (Å²) in [6.07, 6.45) is -19.9. The molecule has 8 atom stereocenters. The van der Waals surface area contributed by atoms with Crippen LogP contribution in [0.2, 0.25) is 0 Å². The molecule has 0 aliphatic heterocycles. The van der Waals surface area contributed by atoms with Gasteiger partial charge in [-0.3, -0.25) is 0 Å². The average molecular weight is 388 g/mol. The van der Waals surface area contributed by atoms with Gasteiger partial charge in [-0.05, 0) is 0 Å².